The first-order valence-corrected chi connectivity index (χ1v) is 7.46. The van der Waals surface area contributed by atoms with E-state index in [1.165, 1.54) is 6.33 Å². The van der Waals surface area contributed by atoms with Gasteiger partial charge >= 0.3 is 5.69 Å². The quantitative estimate of drug-likeness (QED) is 0.518. The van der Waals surface area contributed by atoms with Gasteiger partial charge in [0.15, 0.2) is 17.3 Å². The van der Waals surface area contributed by atoms with Gasteiger partial charge in [-0.15, -0.1) is 0 Å². The molecule has 2 aromatic heterocycles. The molecule has 0 fully saturated rings. The number of benzene rings is 1. The van der Waals surface area contributed by atoms with E-state index in [-0.39, 0.29) is 24.1 Å². The van der Waals surface area contributed by atoms with Crippen molar-refractivity contribution in [1.82, 2.24) is 15.1 Å². The van der Waals surface area contributed by atoms with Crippen LogP contribution in [0.5, 0.6) is 11.5 Å². The second-order valence-electron chi connectivity index (χ2n) is 5.32. The molecule has 0 saturated heterocycles. The molecule has 0 saturated carbocycles. The molecule has 1 aliphatic rings. The summed E-state index contributed by atoms with van der Waals surface area (Å²) in [6, 6.07) is 6.67. The molecule has 1 aliphatic heterocycles. The summed E-state index contributed by atoms with van der Waals surface area (Å²) in [7, 11) is 0. The smallest absolute Gasteiger partial charge is 0.353 e. The fourth-order valence-electron chi connectivity index (χ4n) is 2.39. The highest BCUT2D eigenvalue weighted by atomic mass is 16.7. The van der Waals surface area contributed by atoms with E-state index in [2.05, 4.69) is 25.8 Å². The van der Waals surface area contributed by atoms with Crippen LogP contribution in [0.4, 0.5) is 28.8 Å². The Labute approximate surface area is 146 Å². The molecular formula is C15H12N6O5. The Morgan fingerprint density at radius 2 is 1.88 bits per heavy atom. The molecule has 11 nitrogen and oxygen atoms in total. The van der Waals surface area contributed by atoms with E-state index >= 15 is 0 Å². The number of hydrogen-bond acceptors (Lipinski definition) is 10. The summed E-state index contributed by atoms with van der Waals surface area (Å²) in [4.78, 5) is 18.9. The maximum atomic E-state index is 11.6. The van der Waals surface area contributed by atoms with Crippen molar-refractivity contribution in [3.8, 4) is 11.5 Å². The second-order valence-corrected chi connectivity index (χ2v) is 5.32. The number of ether oxygens (including phenoxy) is 2. The number of fused-ring (bicyclic) bond motifs is 1. The van der Waals surface area contributed by atoms with Crippen LogP contribution in [0.1, 0.15) is 5.76 Å². The highest BCUT2D eigenvalue weighted by Gasteiger charge is 2.24. The zero-order valence-electron chi connectivity index (χ0n) is 13.4. The SMILES string of the molecule is Cc1cc(Nc2ncnc(Nc3ccc4c(c3)OCO4)c2[N+](=O)[O-])no1. The number of nitrogens with one attached hydrogen (secondary N) is 2. The summed E-state index contributed by atoms with van der Waals surface area (Å²) in [5, 5.41) is 21.0. The predicted molar refractivity (Wildman–Crippen MR) is 89.1 cm³/mol. The van der Waals surface area contributed by atoms with Crippen LogP contribution in [-0.2, 0) is 0 Å². The molecule has 3 heterocycles. The molecular weight excluding hydrogens is 344 g/mol. The van der Waals surface area contributed by atoms with Gasteiger partial charge in [-0.2, -0.15) is 0 Å². The van der Waals surface area contributed by atoms with Gasteiger partial charge in [0.25, 0.3) is 0 Å². The molecule has 3 aromatic rings. The third-order valence-electron chi connectivity index (χ3n) is 3.51. The first-order chi connectivity index (χ1) is 12.6. The Morgan fingerprint density at radius 1 is 1.12 bits per heavy atom. The molecule has 0 aliphatic carbocycles. The van der Waals surface area contributed by atoms with E-state index in [0.717, 1.165) is 0 Å². The van der Waals surface area contributed by atoms with Crippen molar-refractivity contribution in [3.05, 3.63) is 46.5 Å². The van der Waals surface area contributed by atoms with Crippen molar-refractivity contribution in [3.63, 3.8) is 0 Å². The molecule has 0 unspecified atom stereocenters. The van der Waals surface area contributed by atoms with Crippen LogP contribution < -0.4 is 20.1 Å². The van der Waals surface area contributed by atoms with Gasteiger partial charge < -0.3 is 24.6 Å². The highest BCUT2D eigenvalue weighted by molar-refractivity contribution is 5.76. The van der Waals surface area contributed by atoms with Crippen LogP contribution in [0.2, 0.25) is 0 Å². The van der Waals surface area contributed by atoms with E-state index in [0.29, 0.717) is 28.8 Å². The standard InChI is InChI=1S/C15H12N6O5/c1-8-4-12(20-26-8)19-15-13(21(22)23)14(16-6-17-15)18-9-2-3-10-11(5-9)25-7-24-10/h2-6H,7H2,1H3,(H2,16,17,18,19,20). The van der Waals surface area contributed by atoms with Crippen LogP contribution in [-0.4, -0.2) is 26.8 Å². The van der Waals surface area contributed by atoms with Crippen molar-refractivity contribution < 1.29 is 18.9 Å². The number of hydrogen-bond donors (Lipinski definition) is 2. The molecule has 132 valence electrons. The molecule has 1 aromatic carbocycles. The minimum absolute atomic E-state index is 0.0125. The number of nitrogens with zero attached hydrogens (tertiary/aromatic N) is 4. The normalized spacial score (nSPS) is 12.0. The Morgan fingerprint density at radius 3 is 2.62 bits per heavy atom. The summed E-state index contributed by atoms with van der Waals surface area (Å²) >= 11 is 0. The molecule has 0 radical (unpaired) electrons. The zero-order chi connectivity index (χ0) is 18.1. The first-order valence-electron chi connectivity index (χ1n) is 7.46. The van der Waals surface area contributed by atoms with Crippen LogP contribution in [0.25, 0.3) is 0 Å². The molecule has 2 N–H and O–H groups in total. The Bertz CT molecular complexity index is 988. The summed E-state index contributed by atoms with van der Waals surface area (Å²) < 4.78 is 15.5. The molecule has 11 heteroatoms. The van der Waals surface area contributed by atoms with Gasteiger partial charge in [-0.25, -0.2) is 9.97 Å². The number of aryl methyl sites for hydroxylation is 1. The topological polar surface area (TPSA) is 137 Å². The highest BCUT2D eigenvalue weighted by Crippen LogP contribution is 2.37. The summed E-state index contributed by atoms with van der Waals surface area (Å²) in [5.74, 6) is 2.02. The zero-order valence-corrected chi connectivity index (χ0v) is 13.4. The average molecular weight is 356 g/mol. The molecule has 0 bridgehead atoms. The van der Waals surface area contributed by atoms with Crippen LogP contribution in [0, 0.1) is 17.0 Å². The van der Waals surface area contributed by atoms with E-state index in [1.807, 2.05) is 0 Å². The number of anilines is 4. The largest absolute Gasteiger partial charge is 0.454 e. The lowest BCUT2D eigenvalue weighted by atomic mass is 10.2. The fraction of sp³-hybridized carbons (Fsp3) is 0.133. The second kappa shape index (κ2) is 6.20. The Hall–Kier alpha value is -3.89. The molecule has 0 atom stereocenters. The van der Waals surface area contributed by atoms with Gasteiger partial charge in [0.2, 0.25) is 18.4 Å². The van der Waals surface area contributed by atoms with Crippen LogP contribution in [0.3, 0.4) is 0 Å². The molecule has 0 spiro atoms. The summed E-state index contributed by atoms with van der Waals surface area (Å²) in [6.45, 7) is 1.84. The lowest BCUT2D eigenvalue weighted by Crippen LogP contribution is -2.05. The average Bonchev–Trinajstić information content (AvgIpc) is 3.23. The maximum absolute atomic E-state index is 11.6. The number of nitro groups is 1. The maximum Gasteiger partial charge on any atom is 0.353 e. The Kier molecular flexibility index (Phi) is 3.73. The predicted octanol–water partition coefficient (Wildman–Crippen LogP) is 2.90. The third kappa shape index (κ3) is 2.92. The van der Waals surface area contributed by atoms with E-state index < -0.39 is 4.92 Å². The summed E-state index contributed by atoms with van der Waals surface area (Å²) in [6.07, 6.45) is 1.21. The van der Waals surface area contributed by atoms with Crippen LogP contribution in [0.15, 0.2) is 35.1 Å². The van der Waals surface area contributed by atoms with Crippen molar-refractivity contribution in [1.29, 1.82) is 0 Å². The van der Waals surface area contributed by atoms with Gasteiger partial charge in [0.05, 0.1) is 4.92 Å². The Balaban J connectivity index is 1.67. The van der Waals surface area contributed by atoms with E-state index in [4.69, 9.17) is 14.0 Å². The molecule has 0 amide bonds. The minimum atomic E-state index is -0.579. The van der Waals surface area contributed by atoms with Gasteiger partial charge in [-0.05, 0) is 19.1 Å². The van der Waals surface area contributed by atoms with E-state index in [9.17, 15) is 10.1 Å². The third-order valence-corrected chi connectivity index (χ3v) is 3.51. The summed E-state index contributed by atoms with van der Waals surface area (Å²) in [5.41, 5.74) is 0.227. The monoisotopic (exact) mass is 356 g/mol. The number of aromatic nitrogens is 3. The number of rotatable bonds is 5. The molecule has 4 rings (SSSR count). The van der Waals surface area contributed by atoms with Crippen LogP contribution >= 0.6 is 0 Å². The van der Waals surface area contributed by atoms with Crippen molar-refractivity contribution in [2.75, 3.05) is 17.4 Å². The fourth-order valence-corrected chi connectivity index (χ4v) is 2.39. The molecule has 26 heavy (non-hydrogen) atoms. The first kappa shape index (κ1) is 15.6. The van der Waals surface area contributed by atoms with Crippen molar-refractivity contribution >= 4 is 28.8 Å². The van der Waals surface area contributed by atoms with Crippen molar-refractivity contribution in [2.24, 2.45) is 0 Å². The lowest BCUT2D eigenvalue weighted by Gasteiger charge is -2.09. The van der Waals surface area contributed by atoms with Gasteiger partial charge in [0, 0.05) is 17.8 Å². The van der Waals surface area contributed by atoms with Gasteiger partial charge in [0.1, 0.15) is 12.1 Å². The van der Waals surface area contributed by atoms with Crippen molar-refractivity contribution in [2.45, 2.75) is 6.92 Å². The van der Waals surface area contributed by atoms with E-state index in [1.54, 1.807) is 31.2 Å². The lowest BCUT2D eigenvalue weighted by molar-refractivity contribution is -0.383. The minimum Gasteiger partial charge on any atom is -0.454 e. The van der Waals surface area contributed by atoms with Gasteiger partial charge in [-0.3, -0.25) is 10.1 Å². The van der Waals surface area contributed by atoms with Gasteiger partial charge in [-0.1, -0.05) is 5.16 Å².